The fourth-order valence-corrected chi connectivity index (χ4v) is 4.08. The van der Waals surface area contributed by atoms with Crippen molar-refractivity contribution in [2.75, 3.05) is 24.6 Å². The lowest BCUT2D eigenvalue weighted by molar-refractivity contribution is -0.125. The highest BCUT2D eigenvalue weighted by Gasteiger charge is 2.29. The molecule has 27 heavy (non-hydrogen) atoms. The molecule has 2 aromatic rings. The van der Waals surface area contributed by atoms with Gasteiger partial charge in [0.2, 0.25) is 11.8 Å². The number of aromatic nitrogens is 3. The third-order valence-corrected chi connectivity index (χ3v) is 5.93. The molecule has 1 saturated heterocycles. The van der Waals surface area contributed by atoms with Gasteiger partial charge in [0.15, 0.2) is 11.0 Å². The van der Waals surface area contributed by atoms with Gasteiger partial charge in [-0.2, -0.15) is 0 Å². The summed E-state index contributed by atoms with van der Waals surface area (Å²) in [5.41, 5.74) is 2.10. The second-order valence-electron chi connectivity index (χ2n) is 5.92. The number of thioether (sulfide) groups is 2. The highest BCUT2D eigenvalue weighted by atomic mass is 32.2. The quantitative estimate of drug-likeness (QED) is 0.700. The molecular weight excluding hydrogens is 386 g/mol. The largest absolute Gasteiger partial charge is 0.354 e. The number of imide groups is 1. The molecule has 8 nitrogen and oxygen atoms in total. The van der Waals surface area contributed by atoms with E-state index in [-0.39, 0.29) is 41.6 Å². The van der Waals surface area contributed by atoms with E-state index < -0.39 is 0 Å². The zero-order valence-electron chi connectivity index (χ0n) is 15.0. The molecule has 1 N–H and O–H groups in total. The molecular formula is C17H19N5O3S2. The van der Waals surface area contributed by atoms with Crippen molar-refractivity contribution in [1.29, 1.82) is 0 Å². The van der Waals surface area contributed by atoms with Gasteiger partial charge in [-0.15, -0.1) is 10.2 Å². The van der Waals surface area contributed by atoms with E-state index in [9.17, 15) is 14.4 Å². The molecule has 0 saturated carbocycles. The fourth-order valence-electron chi connectivity index (χ4n) is 2.58. The number of hydrogen-bond acceptors (Lipinski definition) is 7. The van der Waals surface area contributed by atoms with E-state index in [1.807, 2.05) is 42.8 Å². The van der Waals surface area contributed by atoms with Crippen molar-refractivity contribution in [1.82, 2.24) is 25.0 Å². The first kappa shape index (κ1) is 19.4. The summed E-state index contributed by atoms with van der Waals surface area (Å²) in [5.74, 6) is 0.706. The van der Waals surface area contributed by atoms with Gasteiger partial charge in [0, 0.05) is 25.7 Å². The summed E-state index contributed by atoms with van der Waals surface area (Å²) < 4.78 is 1.86. The minimum Gasteiger partial charge on any atom is -0.354 e. The normalized spacial score (nSPS) is 14.1. The van der Waals surface area contributed by atoms with Crippen LogP contribution < -0.4 is 5.32 Å². The Labute approximate surface area is 165 Å². The van der Waals surface area contributed by atoms with E-state index in [4.69, 9.17) is 0 Å². The second kappa shape index (κ2) is 8.57. The lowest BCUT2D eigenvalue weighted by atomic mass is 10.1. The molecule has 0 radical (unpaired) electrons. The predicted octanol–water partition coefficient (Wildman–Crippen LogP) is 1.69. The lowest BCUT2D eigenvalue weighted by Crippen LogP contribution is -2.38. The van der Waals surface area contributed by atoms with Crippen molar-refractivity contribution in [3.05, 3.63) is 29.8 Å². The Kier molecular flexibility index (Phi) is 6.17. The number of amides is 3. The predicted molar refractivity (Wildman–Crippen MR) is 104 cm³/mol. The number of carbonyl (C=O) groups excluding carboxylic acids is 3. The van der Waals surface area contributed by atoms with E-state index in [2.05, 4.69) is 15.5 Å². The van der Waals surface area contributed by atoms with E-state index in [1.54, 1.807) is 0 Å². The molecule has 142 valence electrons. The van der Waals surface area contributed by atoms with Crippen molar-refractivity contribution in [2.24, 2.45) is 7.05 Å². The molecule has 0 atom stereocenters. The van der Waals surface area contributed by atoms with Crippen LogP contribution in [0.2, 0.25) is 0 Å². The Morgan fingerprint density at radius 2 is 2.07 bits per heavy atom. The van der Waals surface area contributed by atoms with Gasteiger partial charge in [-0.05, 0) is 12.5 Å². The number of rotatable bonds is 7. The number of aryl methyl sites for hydroxylation is 1. The van der Waals surface area contributed by atoms with Crippen molar-refractivity contribution in [2.45, 2.75) is 12.1 Å². The molecule has 0 unspecified atom stereocenters. The van der Waals surface area contributed by atoms with Crippen molar-refractivity contribution in [3.63, 3.8) is 0 Å². The fraction of sp³-hybridized carbons (Fsp3) is 0.353. The summed E-state index contributed by atoms with van der Waals surface area (Å²) in [6, 6.07) is 7.92. The molecule has 3 amide bonds. The van der Waals surface area contributed by atoms with E-state index in [1.165, 1.54) is 11.8 Å². The second-order valence-corrected chi connectivity index (χ2v) is 7.79. The van der Waals surface area contributed by atoms with E-state index in [0.717, 1.165) is 33.6 Å². The number of carbonyl (C=O) groups is 3. The summed E-state index contributed by atoms with van der Waals surface area (Å²) in [6.45, 7) is 2.45. The number of nitrogens with zero attached hydrogens (tertiary/aromatic N) is 4. The van der Waals surface area contributed by atoms with Crippen LogP contribution in [-0.2, 0) is 16.6 Å². The van der Waals surface area contributed by atoms with Crippen LogP contribution in [0.3, 0.4) is 0 Å². The molecule has 0 bridgehead atoms. The molecule has 1 aromatic carbocycles. The number of benzene rings is 1. The first-order chi connectivity index (χ1) is 13.0. The monoisotopic (exact) mass is 405 g/mol. The van der Waals surface area contributed by atoms with Gasteiger partial charge in [-0.3, -0.25) is 19.3 Å². The Balaban J connectivity index is 1.50. The summed E-state index contributed by atoms with van der Waals surface area (Å²) in [7, 11) is 1.87. The molecule has 0 spiro atoms. The van der Waals surface area contributed by atoms with Crippen molar-refractivity contribution >= 4 is 40.6 Å². The van der Waals surface area contributed by atoms with Gasteiger partial charge in [0.25, 0.3) is 5.24 Å². The van der Waals surface area contributed by atoms with E-state index >= 15 is 0 Å². The highest BCUT2D eigenvalue weighted by molar-refractivity contribution is 8.14. The standard InChI is InChI=1S/C17H19N5O3S2/c1-11-5-3-4-6-12(11)15-19-20-16(21(15)2)26-9-13(23)18-7-8-22-14(24)10-27-17(22)25/h3-6H,7-10H2,1-2H3,(H,18,23). The van der Waals surface area contributed by atoms with Crippen LogP contribution in [0.25, 0.3) is 11.4 Å². The zero-order valence-corrected chi connectivity index (χ0v) is 16.6. The molecule has 1 aromatic heterocycles. The summed E-state index contributed by atoms with van der Waals surface area (Å²) in [6.07, 6.45) is 0. The van der Waals surface area contributed by atoms with E-state index in [0.29, 0.717) is 5.16 Å². The van der Waals surface area contributed by atoms with Crippen LogP contribution in [0.4, 0.5) is 4.79 Å². The minimum absolute atomic E-state index is 0.177. The van der Waals surface area contributed by atoms with Crippen LogP contribution in [0.15, 0.2) is 29.4 Å². The highest BCUT2D eigenvalue weighted by Crippen LogP contribution is 2.24. The molecule has 1 aliphatic rings. The molecule has 2 heterocycles. The summed E-state index contributed by atoms with van der Waals surface area (Å²) >= 11 is 2.27. The van der Waals surface area contributed by atoms with Gasteiger partial charge in [-0.1, -0.05) is 47.8 Å². The third-order valence-electron chi connectivity index (χ3n) is 4.05. The van der Waals surface area contributed by atoms with Crippen LogP contribution in [0.1, 0.15) is 5.56 Å². The van der Waals surface area contributed by atoms with Crippen LogP contribution in [0, 0.1) is 6.92 Å². The van der Waals surface area contributed by atoms with Gasteiger partial charge in [-0.25, -0.2) is 0 Å². The zero-order chi connectivity index (χ0) is 19.4. The number of nitrogens with one attached hydrogen (secondary N) is 1. The average Bonchev–Trinajstić information content (AvgIpc) is 3.17. The van der Waals surface area contributed by atoms with Crippen LogP contribution in [-0.4, -0.2) is 61.3 Å². The maximum atomic E-state index is 12.0. The Morgan fingerprint density at radius 3 is 2.78 bits per heavy atom. The van der Waals surface area contributed by atoms with Gasteiger partial charge < -0.3 is 9.88 Å². The minimum atomic E-state index is -0.258. The first-order valence-electron chi connectivity index (χ1n) is 8.29. The topological polar surface area (TPSA) is 97.2 Å². The molecule has 10 heteroatoms. The molecule has 1 aliphatic heterocycles. The summed E-state index contributed by atoms with van der Waals surface area (Å²) in [4.78, 5) is 36.2. The van der Waals surface area contributed by atoms with Crippen molar-refractivity contribution in [3.8, 4) is 11.4 Å². The van der Waals surface area contributed by atoms with Crippen molar-refractivity contribution < 1.29 is 14.4 Å². The van der Waals surface area contributed by atoms with Gasteiger partial charge >= 0.3 is 0 Å². The SMILES string of the molecule is Cc1ccccc1-c1nnc(SCC(=O)NCCN2C(=O)CSC2=O)n1C. The Morgan fingerprint density at radius 1 is 1.30 bits per heavy atom. The first-order valence-corrected chi connectivity index (χ1v) is 10.3. The number of hydrogen-bond donors (Lipinski definition) is 1. The molecule has 3 rings (SSSR count). The molecule has 0 aliphatic carbocycles. The lowest BCUT2D eigenvalue weighted by Gasteiger charge is -2.12. The third kappa shape index (κ3) is 4.51. The van der Waals surface area contributed by atoms with Crippen LogP contribution in [0.5, 0.6) is 0 Å². The van der Waals surface area contributed by atoms with Crippen LogP contribution >= 0.6 is 23.5 Å². The summed E-state index contributed by atoms with van der Waals surface area (Å²) in [5, 5.41) is 11.5. The average molecular weight is 406 g/mol. The Hall–Kier alpha value is -2.33. The van der Waals surface area contributed by atoms with Gasteiger partial charge in [0.1, 0.15) is 0 Å². The maximum Gasteiger partial charge on any atom is 0.288 e. The maximum absolute atomic E-state index is 12.0. The smallest absolute Gasteiger partial charge is 0.288 e. The molecule has 1 fully saturated rings. The Bertz CT molecular complexity index is 867. The van der Waals surface area contributed by atoms with Gasteiger partial charge in [0.05, 0.1) is 11.5 Å².